The van der Waals surface area contributed by atoms with Crippen LogP contribution in [-0.4, -0.2) is 57.7 Å². The average molecular weight is 464 g/mol. The number of halogens is 3. The molecule has 3 aromatic heterocycles. The maximum Gasteiger partial charge on any atom is 0.410 e. The third kappa shape index (κ3) is 4.17. The summed E-state index contributed by atoms with van der Waals surface area (Å²) in [4.78, 5) is 30.3. The number of pyridine rings is 1. The Labute approximate surface area is 186 Å². The highest BCUT2D eigenvalue weighted by atomic mass is 19.4. The molecule has 0 aliphatic carbocycles. The van der Waals surface area contributed by atoms with E-state index in [2.05, 4.69) is 15.4 Å². The Kier molecular flexibility index (Phi) is 5.64. The molecule has 1 aliphatic rings. The minimum Gasteiger partial charge on any atom is -0.378 e. The number of amides is 1. The van der Waals surface area contributed by atoms with Gasteiger partial charge in [-0.05, 0) is 19.1 Å². The summed E-state index contributed by atoms with van der Waals surface area (Å²) in [5.41, 5.74) is 0.700. The Hall–Kier alpha value is -3.41. The molecule has 33 heavy (non-hydrogen) atoms. The van der Waals surface area contributed by atoms with Crippen LogP contribution >= 0.6 is 0 Å². The number of aryl methyl sites for hydroxylation is 1. The average Bonchev–Trinajstić information content (AvgIpc) is 3.02. The monoisotopic (exact) mass is 464 g/mol. The van der Waals surface area contributed by atoms with E-state index in [1.807, 2.05) is 0 Å². The number of carbonyl (C=O) groups is 1. The van der Waals surface area contributed by atoms with Crippen LogP contribution in [0.15, 0.2) is 29.3 Å². The Morgan fingerprint density at radius 3 is 2.61 bits per heavy atom. The molecule has 1 aliphatic heterocycles. The van der Waals surface area contributed by atoms with E-state index in [0.29, 0.717) is 40.1 Å². The number of aromatic nitrogens is 4. The van der Waals surface area contributed by atoms with E-state index < -0.39 is 17.8 Å². The van der Waals surface area contributed by atoms with Gasteiger partial charge in [-0.1, -0.05) is 0 Å². The maximum absolute atomic E-state index is 13.5. The first-order valence-corrected chi connectivity index (χ1v) is 10.2. The number of hydrogen-bond acceptors (Lipinski definition) is 6. The van der Waals surface area contributed by atoms with Gasteiger partial charge in [0.25, 0.3) is 5.56 Å². The molecule has 0 unspecified atom stereocenters. The van der Waals surface area contributed by atoms with Crippen LogP contribution in [0.1, 0.15) is 19.9 Å². The lowest BCUT2D eigenvalue weighted by molar-refractivity contribution is -0.166. The predicted molar refractivity (Wildman–Crippen MR) is 116 cm³/mol. The fourth-order valence-electron chi connectivity index (χ4n) is 3.77. The summed E-state index contributed by atoms with van der Waals surface area (Å²) in [6.45, 7) is 3.03. The van der Waals surface area contributed by atoms with Crippen molar-refractivity contribution in [2.75, 3.05) is 30.4 Å². The summed E-state index contributed by atoms with van der Waals surface area (Å²) in [6.07, 6.45) is -1.49. The normalized spacial score (nSPS) is 15.5. The summed E-state index contributed by atoms with van der Waals surface area (Å²) >= 11 is 0. The zero-order valence-electron chi connectivity index (χ0n) is 18.5. The van der Waals surface area contributed by atoms with Crippen LogP contribution in [0.25, 0.3) is 22.2 Å². The Morgan fingerprint density at radius 2 is 2.00 bits per heavy atom. The molecule has 1 fully saturated rings. The van der Waals surface area contributed by atoms with E-state index in [4.69, 9.17) is 4.74 Å². The summed E-state index contributed by atoms with van der Waals surface area (Å²) in [5.74, 6) is -0.0110. The summed E-state index contributed by atoms with van der Waals surface area (Å²) < 4.78 is 48.1. The van der Waals surface area contributed by atoms with E-state index in [-0.39, 0.29) is 23.4 Å². The van der Waals surface area contributed by atoms with Gasteiger partial charge in [0.15, 0.2) is 0 Å². The van der Waals surface area contributed by atoms with Gasteiger partial charge in [-0.2, -0.15) is 18.3 Å². The van der Waals surface area contributed by atoms with Crippen LogP contribution in [0.3, 0.4) is 0 Å². The number of carbonyl (C=O) groups excluding carboxylic acids is 1. The van der Waals surface area contributed by atoms with Crippen molar-refractivity contribution in [3.05, 3.63) is 34.9 Å². The van der Waals surface area contributed by atoms with E-state index in [0.717, 1.165) is 6.92 Å². The molecule has 9 nitrogen and oxygen atoms in total. The Bertz CT molecular complexity index is 1280. The van der Waals surface area contributed by atoms with E-state index in [9.17, 15) is 22.8 Å². The number of nitrogens with zero attached hydrogens (tertiary/aromatic N) is 5. The van der Waals surface area contributed by atoms with Crippen LogP contribution in [0, 0.1) is 0 Å². The SMILES string of the molecule is COC1CN(c2cc(-c3cn(C)c4cnc(NC(C)=O)cc34)nn([C@@H](C)C(F)(F)F)c2=O)C1. The van der Waals surface area contributed by atoms with E-state index in [1.165, 1.54) is 13.0 Å². The fourth-order valence-corrected chi connectivity index (χ4v) is 3.77. The molecule has 1 amide bonds. The highest BCUT2D eigenvalue weighted by Crippen LogP contribution is 2.34. The molecule has 1 N–H and O–H groups in total. The smallest absolute Gasteiger partial charge is 0.378 e. The lowest BCUT2D eigenvalue weighted by Crippen LogP contribution is -2.54. The number of rotatable bonds is 5. The van der Waals surface area contributed by atoms with Crippen molar-refractivity contribution in [2.24, 2.45) is 7.05 Å². The highest BCUT2D eigenvalue weighted by Gasteiger charge is 2.40. The lowest BCUT2D eigenvalue weighted by Gasteiger charge is -2.39. The standard InChI is InChI=1S/C21H23F3N6O3/c1-11(21(22,23)24)30-20(32)17(29-8-13(9-29)33-4)6-16(27-30)15-10-28(3)18-7-25-19(5-14(15)18)26-12(2)31/h5-7,10-11,13H,8-9H2,1-4H3,(H,25,26,31)/t11-/m0/s1. The zero-order chi connectivity index (χ0) is 24.1. The molecule has 0 bridgehead atoms. The van der Waals surface area contributed by atoms with Crippen molar-refractivity contribution in [1.29, 1.82) is 0 Å². The predicted octanol–water partition coefficient (Wildman–Crippen LogP) is 2.71. The van der Waals surface area contributed by atoms with Crippen LogP contribution in [0.2, 0.25) is 0 Å². The third-order valence-electron chi connectivity index (χ3n) is 5.73. The molecule has 4 rings (SSSR count). The van der Waals surface area contributed by atoms with Gasteiger partial charge in [-0.3, -0.25) is 9.59 Å². The van der Waals surface area contributed by atoms with Crippen molar-refractivity contribution in [1.82, 2.24) is 19.3 Å². The molecular formula is C21H23F3N6O3. The molecular weight excluding hydrogens is 441 g/mol. The highest BCUT2D eigenvalue weighted by molar-refractivity contribution is 5.98. The van der Waals surface area contributed by atoms with Gasteiger partial charge in [0.05, 0.1) is 23.5 Å². The van der Waals surface area contributed by atoms with Crippen LogP contribution < -0.4 is 15.8 Å². The first kappa shape index (κ1) is 22.8. The fraction of sp³-hybridized carbons (Fsp3) is 0.429. The van der Waals surface area contributed by atoms with E-state index in [1.54, 1.807) is 42.1 Å². The second-order valence-corrected chi connectivity index (χ2v) is 8.07. The zero-order valence-corrected chi connectivity index (χ0v) is 18.5. The van der Waals surface area contributed by atoms with Gasteiger partial charge in [0.1, 0.15) is 17.5 Å². The van der Waals surface area contributed by atoms with Crippen LogP contribution in [0.4, 0.5) is 24.7 Å². The Balaban J connectivity index is 1.91. The number of ether oxygens (including phenoxy) is 1. The summed E-state index contributed by atoms with van der Waals surface area (Å²) in [5, 5.41) is 7.33. The summed E-state index contributed by atoms with van der Waals surface area (Å²) in [6, 6.07) is 1.01. The number of anilines is 2. The number of nitrogens with one attached hydrogen (secondary N) is 1. The molecule has 0 spiro atoms. The first-order chi connectivity index (χ1) is 15.5. The third-order valence-corrected chi connectivity index (χ3v) is 5.73. The van der Waals surface area contributed by atoms with Crippen molar-refractivity contribution in [2.45, 2.75) is 32.2 Å². The molecule has 0 radical (unpaired) electrons. The Morgan fingerprint density at radius 1 is 1.30 bits per heavy atom. The molecule has 12 heteroatoms. The van der Waals surface area contributed by atoms with E-state index >= 15 is 0 Å². The molecule has 0 aromatic carbocycles. The maximum atomic E-state index is 13.5. The molecule has 1 atom stereocenters. The van der Waals surface area contributed by atoms with Gasteiger partial charge in [0, 0.05) is 51.3 Å². The molecule has 1 saturated heterocycles. The minimum absolute atomic E-state index is 0.0988. The first-order valence-electron chi connectivity index (χ1n) is 10.2. The van der Waals surface area contributed by atoms with Gasteiger partial charge >= 0.3 is 6.18 Å². The van der Waals surface area contributed by atoms with Crippen molar-refractivity contribution in [3.63, 3.8) is 0 Å². The molecule has 0 saturated carbocycles. The molecule has 3 aromatic rings. The van der Waals surface area contributed by atoms with Crippen molar-refractivity contribution < 1.29 is 22.7 Å². The number of hydrogen-bond donors (Lipinski definition) is 1. The quantitative estimate of drug-likeness (QED) is 0.624. The number of alkyl halides is 3. The van der Waals surface area contributed by atoms with Gasteiger partial charge in [-0.15, -0.1) is 0 Å². The van der Waals surface area contributed by atoms with Crippen LogP contribution in [-0.2, 0) is 16.6 Å². The van der Waals surface area contributed by atoms with Crippen molar-refractivity contribution in [3.8, 4) is 11.3 Å². The van der Waals surface area contributed by atoms with Crippen molar-refractivity contribution >= 4 is 28.3 Å². The number of fused-ring (bicyclic) bond motifs is 1. The van der Waals surface area contributed by atoms with Gasteiger partial charge < -0.3 is 19.5 Å². The molecule has 176 valence electrons. The minimum atomic E-state index is -4.65. The largest absolute Gasteiger partial charge is 0.410 e. The lowest BCUT2D eigenvalue weighted by atomic mass is 10.1. The molecule has 4 heterocycles. The topological polar surface area (TPSA) is 94.3 Å². The van der Waals surface area contributed by atoms with Crippen LogP contribution in [0.5, 0.6) is 0 Å². The summed E-state index contributed by atoms with van der Waals surface area (Å²) in [7, 11) is 3.31. The second kappa shape index (κ2) is 8.18. The second-order valence-electron chi connectivity index (χ2n) is 8.07. The number of methoxy groups -OCH3 is 1. The van der Waals surface area contributed by atoms with Gasteiger partial charge in [-0.25, -0.2) is 9.67 Å². The van der Waals surface area contributed by atoms with Gasteiger partial charge in [0.2, 0.25) is 5.91 Å².